The van der Waals surface area contributed by atoms with E-state index in [-0.39, 0.29) is 6.04 Å². The summed E-state index contributed by atoms with van der Waals surface area (Å²) in [6, 6.07) is 17.5. The van der Waals surface area contributed by atoms with Crippen LogP contribution in [0.2, 0.25) is 0 Å². The van der Waals surface area contributed by atoms with Gasteiger partial charge in [0.15, 0.2) is 5.82 Å². The zero-order valence-electron chi connectivity index (χ0n) is 17.2. The molecule has 30 heavy (non-hydrogen) atoms. The summed E-state index contributed by atoms with van der Waals surface area (Å²) < 4.78 is 6.16. The number of tetrazole rings is 1. The number of unbranched alkanes of at least 4 members (excludes halogenated alkanes) is 1. The van der Waals surface area contributed by atoms with E-state index in [0.29, 0.717) is 6.61 Å². The highest BCUT2D eigenvalue weighted by Gasteiger charge is 2.31. The van der Waals surface area contributed by atoms with Crippen molar-refractivity contribution in [3.8, 4) is 5.75 Å². The van der Waals surface area contributed by atoms with E-state index in [4.69, 9.17) is 4.74 Å². The van der Waals surface area contributed by atoms with Crippen LogP contribution >= 0.6 is 0 Å². The second-order valence-corrected chi connectivity index (χ2v) is 8.09. The van der Waals surface area contributed by atoms with Gasteiger partial charge in [-0.2, -0.15) is 5.21 Å². The maximum Gasteiger partial charge on any atom is 0.174 e. The van der Waals surface area contributed by atoms with Crippen molar-refractivity contribution in [1.29, 1.82) is 0 Å². The molecule has 2 aliphatic rings. The Labute approximate surface area is 177 Å². The van der Waals surface area contributed by atoms with Gasteiger partial charge in [0, 0.05) is 38.2 Å². The molecule has 1 saturated heterocycles. The van der Waals surface area contributed by atoms with Crippen LogP contribution in [0.1, 0.15) is 41.4 Å². The molecule has 0 aliphatic carbocycles. The Balaban J connectivity index is 1.23. The first-order valence-corrected chi connectivity index (χ1v) is 10.9. The number of fused-ring (bicyclic) bond motifs is 2. The molecule has 3 aromatic rings. The predicted octanol–water partition coefficient (Wildman–Crippen LogP) is 2.82. The van der Waals surface area contributed by atoms with Crippen LogP contribution in [-0.2, 0) is 13.0 Å². The van der Waals surface area contributed by atoms with E-state index in [1.54, 1.807) is 0 Å². The lowest BCUT2D eigenvalue weighted by Gasteiger charge is -2.40. The molecule has 0 spiro atoms. The molecule has 1 unspecified atom stereocenters. The monoisotopic (exact) mass is 404 g/mol. The summed E-state index contributed by atoms with van der Waals surface area (Å²) in [5, 5.41) is 14.2. The Bertz CT molecular complexity index is 904. The predicted molar refractivity (Wildman–Crippen MR) is 114 cm³/mol. The van der Waals surface area contributed by atoms with Gasteiger partial charge in [0.2, 0.25) is 0 Å². The van der Waals surface area contributed by atoms with Gasteiger partial charge in [-0.15, -0.1) is 10.2 Å². The number of aromatic nitrogens is 4. The molecule has 156 valence electrons. The van der Waals surface area contributed by atoms with Gasteiger partial charge in [0.05, 0.1) is 6.04 Å². The molecule has 0 radical (unpaired) electrons. The van der Waals surface area contributed by atoms with Gasteiger partial charge in [0.1, 0.15) is 12.4 Å². The Hall–Kier alpha value is -2.77. The highest BCUT2D eigenvalue weighted by Crippen LogP contribution is 2.39. The SMILES string of the molecule is c1ccc2c(c1)COc1ccccc1C2N1CCN(CCCCc2nn[nH]n2)CC1. The van der Waals surface area contributed by atoms with Crippen LogP contribution in [0.15, 0.2) is 48.5 Å². The minimum Gasteiger partial charge on any atom is -0.489 e. The highest BCUT2D eigenvalue weighted by molar-refractivity contribution is 5.46. The maximum absolute atomic E-state index is 6.16. The molecule has 1 aromatic heterocycles. The number of H-pyrrole nitrogens is 1. The van der Waals surface area contributed by atoms with Crippen molar-refractivity contribution in [1.82, 2.24) is 30.4 Å². The number of nitrogens with one attached hydrogen (secondary N) is 1. The van der Waals surface area contributed by atoms with Crippen LogP contribution in [-0.4, -0.2) is 63.1 Å². The standard InChI is InChI=1S/C23H28N6O/c1-2-8-19-18(7-1)17-30-21-10-4-3-9-20(21)23(19)29-15-13-28(14-16-29)12-6-5-11-22-24-26-27-25-22/h1-4,7-10,23H,5-6,11-17H2,(H,24,25,26,27). The summed E-state index contributed by atoms with van der Waals surface area (Å²) in [6.07, 6.45) is 3.16. The lowest BCUT2D eigenvalue weighted by Crippen LogP contribution is -2.48. The van der Waals surface area contributed by atoms with Crippen molar-refractivity contribution >= 4 is 0 Å². The third-order valence-electron chi connectivity index (χ3n) is 6.23. The highest BCUT2D eigenvalue weighted by atomic mass is 16.5. The zero-order chi connectivity index (χ0) is 20.2. The summed E-state index contributed by atoms with van der Waals surface area (Å²) in [5.41, 5.74) is 3.97. The van der Waals surface area contributed by atoms with Crippen molar-refractivity contribution in [2.75, 3.05) is 32.7 Å². The van der Waals surface area contributed by atoms with E-state index >= 15 is 0 Å². The molecule has 0 bridgehead atoms. The van der Waals surface area contributed by atoms with Crippen LogP contribution in [0.5, 0.6) is 5.75 Å². The minimum atomic E-state index is 0.264. The number of aromatic amines is 1. The number of para-hydroxylation sites is 1. The number of benzene rings is 2. The van der Waals surface area contributed by atoms with Crippen molar-refractivity contribution in [3.63, 3.8) is 0 Å². The van der Waals surface area contributed by atoms with E-state index in [2.05, 4.69) is 79.0 Å². The van der Waals surface area contributed by atoms with Gasteiger partial charge >= 0.3 is 0 Å². The number of ether oxygens (including phenoxy) is 1. The van der Waals surface area contributed by atoms with Crippen molar-refractivity contribution < 1.29 is 4.74 Å². The topological polar surface area (TPSA) is 70.2 Å². The fraction of sp³-hybridized carbons (Fsp3) is 0.435. The smallest absolute Gasteiger partial charge is 0.174 e. The number of nitrogens with zero attached hydrogens (tertiary/aromatic N) is 5. The van der Waals surface area contributed by atoms with Gasteiger partial charge in [-0.05, 0) is 36.6 Å². The quantitative estimate of drug-likeness (QED) is 0.637. The van der Waals surface area contributed by atoms with E-state index in [9.17, 15) is 0 Å². The van der Waals surface area contributed by atoms with Crippen molar-refractivity contribution in [2.24, 2.45) is 0 Å². The normalized spacial score (nSPS) is 19.5. The first kappa shape index (κ1) is 19.2. The number of hydrogen-bond donors (Lipinski definition) is 1. The average Bonchev–Trinajstić information content (AvgIpc) is 3.25. The van der Waals surface area contributed by atoms with E-state index < -0.39 is 0 Å². The van der Waals surface area contributed by atoms with Crippen LogP contribution in [0.3, 0.4) is 0 Å². The first-order chi connectivity index (χ1) is 14.9. The van der Waals surface area contributed by atoms with Crippen LogP contribution in [0.25, 0.3) is 0 Å². The van der Waals surface area contributed by atoms with E-state index in [1.807, 2.05) is 0 Å². The Morgan fingerprint density at radius 2 is 1.73 bits per heavy atom. The number of aryl methyl sites for hydroxylation is 1. The molecule has 1 N–H and O–H groups in total. The largest absolute Gasteiger partial charge is 0.489 e. The second-order valence-electron chi connectivity index (χ2n) is 8.09. The van der Waals surface area contributed by atoms with Gasteiger partial charge in [-0.25, -0.2) is 0 Å². The lowest BCUT2D eigenvalue weighted by atomic mass is 9.93. The minimum absolute atomic E-state index is 0.264. The fourth-order valence-electron chi connectivity index (χ4n) is 4.64. The van der Waals surface area contributed by atoms with Crippen LogP contribution in [0, 0.1) is 0 Å². The maximum atomic E-state index is 6.16. The molecule has 1 atom stereocenters. The molecular weight excluding hydrogens is 376 g/mol. The fourth-order valence-corrected chi connectivity index (χ4v) is 4.64. The van der Waals surface area contributed by atoms with Crippen molar-refractivity contribution in [3.05, 3.63) is 71.0 Å². The summed E-state index contributed by atoms with van der Waals surface area (Å²) in [6.45, 7) is 6.11. The second kappa shape index (κ2) is 8.93. The molecular formula is C23H28N6O. The lowest BCUT2D eigenvalue weighted by molar-refractivity contribution is 0.108. The van der Waals surface area contributed by atoms with Gasteiger partial charge in [0.25, 0.3) is 0 Å². The van der Waals surface area contributed by atoms with Crippen molar-refractivity contribution in [2.45, 2.75) is 31.9 Å². The van der Waals surface area contributed by atoms with Gasteiger partial charge in [-0.1, -0.05) is 47.7 Å². The molecule has 0 saturated carbocycles. The third kappa shape index (κ3) is 4.08. The molecule has 3 heterocycles. The van der Waals surface area contributed by atoms with Gasteiger partial charge in [-0.3, -0.25) is 4.90 Å². The Morgan fingerprint density at radius 3 is 2.57 bits per heavy atom. The van der Waals surface area contributed by atoms with Crippen LogP contribution < -0.4 is 4.74 Å². The first-order valence-electron chi connectivity index (χ1n) is 10.9. The molecule has 2 aromatic carbocycles. The summed E-state index contributed by atoms with van der Waals surface area (Å²) in [4.78, 5) is 5.21. The Morgan fingerprint density at radius 1 is 0.933 bits per heavy atom. The number of hydrogen-bond acceptors (Lipinski definition) is 6. The molecule has 1 fully saturated rings. The molecule has 7 nitrogen and oxygen atoms in total. The summed E-state index contributed by atoms with van der Waals surface area (Å²) in [7, 11) is 0. The average molecular weight is 405 g/mol. The zero-order valence-corrected chi connectivity index (χ0v) is 17.2. The third-order valence-corrected chi connectivity index (χ3v) is 6.23. The molecule has 7 heteroatoms. The van der Waals surface area contributed by atoms with Gasteiger partial charge < -0.3 is 9.64 Å². The summed E-state index contributed by atoms with van der Waals surface area (Å²) in [5.74, 6) is 1.83. The molecule has 5 rings (SSSR count). The van der Waals surface area contributed by atoms with E-state index in [1.165, 1.54) is 16.7 Å². The molecule has 0 amide bonds. The van der Waals surface area contributed by atoms with Crippen LogP contribution in [0.4, 0.5) is 0 Å². The Kier molecular flexibility index (Phi) is 5.72. The number of piperazine rings is 1. The van der Waals surface area contributed by atoms with E-state index in [0.717, 1.165) is 63.6 Å². The number of rotatable bonds is 6. The summed E-state index contributed by atoms with van der Waals surface area (Å²) >= 11 is 0. The molecule has 2 aliphatic heterocycles.